The second-order valence-corrected chi connectivity index (χ2v) is 6.43. The molecular weight excluding hydrogens is 250 g/mol. The Balaban J connectivity index is 2.35. The van der Waals surface area contributed by atoms with Crippen molar-refractivity contribution in [3.63, 3.8) is 0 Å². The Morgan fingerprint density at radius 3 is 2.44 bits per heavy atom. The molecule has 4 N–H and O–H groups in total. The number of anilines is 2. The summed E-state index contributed by atoms with van der Waals surface area (Å²) in [5, 5.41) is 5.15. The maximum atomic E-state index is 11.4. The van der Waals surface area contributed by atoms with Crippen LogP contribution in [0.2, 0.25) is 0 Å². The SMILES string of the molecule is CC1CCN(c2cccc(S(N)(=O)=O)c2N)CC1. The number of piperidine rings is 1. The van der Waals surface area contributed by atoms with Crippen molar-refractivity contribution < 1.29 is 8.42 Å². The number of primary sulfonamides is 1. The Morgan fingerprint density at radius 2 is 1.89 bits per heavy atom. The standard InChI is InChI=1S/C12H19N3O2S/c1-9-5-7-15(8-6-9)10-3-2-4-11(12(10)13)18(14,16)17/h2-4,9H,5-8,13H2,1H3,(H2,14,16,17). The molecule has 5 nitrogen and oxygen atoms in total. The molecule has 0 radical (unpaired) electrons. The number of nitrogens with two attached hydrogens (primary N) is 2. The van der Waals surface area contributed by atoms with E-state index in [0.29, 0.717) is 5.92 Å². The summed E-state index contributed by atoms with van der Waals surface area (Å²) in [5.74, 6) is 0.712. The summed E-state index contributed by atoms with van der Waals surface area (Å²) in [6, 6.07) is 4.98. The van der Waals surface area contributed by atoms with Gasteiger partial charge in [0.25, 0.3) is 0 Å². The van der Waals surface area contributed by atoms with Gasteiger partial charge in [0.2, 0.25) is 10.0 Å². The number of hydrogen-bond donors (Lipinski definition) is 2. The average molecular weight is 269 g/mol. The molecule has 0 atom stereocenters. The Kier molecular flexibility index (Phi) is 3.49. The molecule has 100 valence electrons. The minimum atomic E-state index is -3.76. The normalized spacial score (nSPS) is 18.0. The second-order valence-electron chi connectivity index (χ2n) is 4.90. The molecule has 1 fully saturated rings. The highest BCUT2D eigenvalue weighted by molar-refractivity contribution is 7.89. The van der Waals surface area contributed by atoms with E-state index in [0.717, 1.165) is 31.6 Å². The fraction of sp³-hybridized carbons (Fsp3) is 0.500. The lowest BCUT2D eigenvalue weighted by Crippen LogP contribution is -2.33. The van der Waals surface area contributed by atoms with Gasteiger partial charge in [-0.3, -0.25) is 0 Å². The lowest BCUT2D eigenvalue weighted by atomic mass is 9.98. The third kappa shape index (κ3) is 2.59. The van der Waals surface area contributed by atoms with Gasteiger partial charge in [-0.15, -0.1) is 0 Å². The summed E-state index contributed by atoms with van der Waals surface area (Å²) >= 11 is 0. The van der Waals surface area contributed by atoms with Crippen molar-refractivity contribution in [2.75, 3.05) is 23.7 Å². The molecule has 2 rings (SSSR count). The van der Waals surface area contributed by atoms with Crippen molar-refractivity contribution in [3.05, 3.63) is 18.2 Å². The Morgan fingerprint density at radius 1 is 1.28 bits per heavy atom. The van der Waals surface area contributed by atoms with Crippen LogP contribution in [-0.2, 0) is 10.0 Å². The van der Waals surface area contributed by atoms with E-state index in [1.54, 1.807) is 6.07 Å². The number of sulfonamides is 1. The van der Waals surface area contributed by atoms with Crippen molar-refractivity contribution in [1.82, 2.24) is 0 Å². The fourth-order valence-corrected chi connectivity index (χ4v) is 2.99. The number of nitrogens with zero attached hydrogens (tertiary/aromatic N) is 1. The number of rotatable bonds is 2. The van der Waals surface area contributed by atoms with Crippen molar-refractivity contribution in [1.29, 1.82) is 0 Å². The predicted octanol–water partition coefficient (Wildman–Crippen LogP) is 1.15. The highest BCUT2D eigenvalue weighted by Crippen LogP contribution is 2.31. The van der Waals surface area contributed by atoms with Crippen LogP contribution in [0.15, 0.2) is 23.1 Å². The van der Waals surface area contributed by atoms with Crippen LogP contribution in [0.3, 0.4) is 0 Å². The van der Waals surface area contributed by atoms with Crippen molar-refractivity contribution in [2.24, 2.45) is 11.1 Å². The summed E-state index contributed by atoms with van der Waals surface area (Å²) in [4.78, 5) is 2.14. The Labute approximate surface area is 108 Å². The first-order chi connectivity index (χ1) is 8.39. The van der Waals surface area contributed by atoms with Crippen LogP contribution in [0.5, 0.6) is 0 Å². The monoisotopic (exact) mass is 269 g/mol. The molecule has 0 spiro atoms. The summed E-state index contributed by atoms with van der Waals surface area (Å²) in [6.45, 7) is 4.03. The number of hydrogen-bond acceptors (Lipinski definition) is 4. The van der Waals surface area contributed by atoms with Gasteiger partial charge in [-0.05, 0) is 30.9 Å². The number of nitrogen functional groups attached to an aromatic ring is 1. The van der Waals surface area contributed by atoms with Crippen LogP contribution in [0, 0.1) is 5.92 Å². The predicted molar refractivity (Wildman–Crippen MR) is 72.8 cm³/mol. The molecule has 0 aromatic heterocycles. The molecule has 1 heterocycles. The average Bonchev–Trinajstić information content (AvgIpc) is 2.29. The molecule has 18 heavy (non-hydrogen) atoms. The molecular formula is C12H19N3O2S. The van der Waals surface area contributed by atoms with Gasteiger partial charge in [-0.25, -0.2) is 13.6 Å². The number of para-hydroxylation sites is 1. The van der Waals surface area contributed by atoms with Crippen LogP contribution in [0.4, 0.5) is 11.4 Å². The molecule has 1 aromatic carbocycles. The van der Waals surface area contributed by atoms with Crippen LogP contribution in [-0.4, -0.2) is 21.5 Å². The van der Waals surface area contributed by atoms with E-state index < -0.39 is 10.0 Å². The third-order valence-electron chi connectivity index (χ3n) is 3.47. The lowest BCUT2D eigenvalue weighted by Gasteiger charge is -2.33. The zero-order chi connectivity index (χ0) is 13.3. The quantitative estimate of drug-likeness (QED) is 0.788. The van der Waals surface area contributed by atoms with E-state index in [9.17, 15) is 8.42 Å². The van der Waals surface area contributed by atoms with Gasteiger partial charge in [-0.1, -0.05) is 13.0 Å². The summed E-state index contributed by atoms with van der Waals surface area (Å²) < 4.78 is 22.8. The van der Waals surface area contributed by atoms with Gasteiger partial charge in [-0.2, -0.15) is 0 Å². The summed E-state index contributed by atoms with van der Waals surface area (Å²) in [7, 11) is -3.76. The first-order valence-corrected chi connectivity index (χ1v) is 7.60. The van der Waals surface area contributed by atoms with E-state index in [1.807, 2.05) is 6.07 Å². The summed E-state index contributed by atoms with van der Waals surface area (Å²) in [6.07, 6.45) is 2.19. The van der Waals surface area contributed by atoms with E-state index in [-0.39, 0.29) is 10.6 Å². The molecule has 0 bridgehead atoms. The first kappa shape index (κ1) is 13.2. The van der Waals surface area contributed by atoms with Gasteiger partial charge < -0.3 is 10.6 Å². The number of benzene rings is 1. The van der Waals surface area contributed by atoms with E-state index in [4.69, 9.17) is 10.9 Å². The Hall–Kier alpha value is -1.27. The van der Waals surface area contributed by atoms with E-state index in [2.05, 4.69) is 11.8 Å². The maximum absolute atomic E-state index is 11.4. The molecule has 0 aliphatic carbocycles. The minimum absolute atomic E-state index is 0.0126. The van der Waals surface area contributed by atoms with Gasteiger partial charge in [0.05, 0.1) is 11.4 Å². The van der Waals surface area contributed by atoms with Gasteiger partial charge in [0, 0.05) is 13.1 Å². The highest BCUT2D eigenvalue weighted by Gasteiger charge is 2.21. The van der Waals surface area contributed by atoms with Gasteiger partial charge in [0.15, 0.2) is 0 Å². The molecule has 0 unspecified atom stereocenters. The first-order valence-electron chi connectivity index (χ1n) is 6.06. The largest absolute Gasteiger partial charge is 0.396 e. The molecule has 6 heteroatoms. The minimum Gasteiger partial charge on any atom is -0.396 e. The van der Waals surface area contributed by atoms with E-state index in [1.165, 1.54) is 6.07 Å². The lowest BCUT2D eigenvalue weighted by molar-refractivity contribution is 0.438. The maximum Gasteiger partial charge on any atom is 0.240 e. The van der Waals surface area contributed by atoms with Crippen LogP contribution in [0.1, 0.15) is 19.8 Å². The molecule has 1 aliphatic rings. The van der Waals surface area contributed by atoms with Crippen molar-refractivity contribution in [3.8, 4) is 0 Å². The topological polar surface area (TPSA) is 89.4 Å². The molecule has 0 saturated carbocycles. The third-order valence-corrected chi connectivity index (χ3v) is 4.44. The van der Waals surface area contributed by atoms with Crippen molar-refractivity contribution in [2.45, 2.75) is 24.7 Å². The fourth-order valence-electron chi connectivity index (χ4n) is 2.31. The zero-order valence-electron chi connectivity index (χ0n) is 10.5. The molecule has 1 saturated heterocycles. The zero-order valence-corrected chi connectivity index (χ0v) is 11.3. The highest BCUT2D eigenvalue weighted by atomic mass is 32.2. The second kappa shape index (κ2) is 4.78. The summed E-state index contributed by atoms with van der Waals surface area (Å²) in [5.41, 5.74) is 6.96. The van der Waals surface area contributed by atoms with Crippen LogP contribution >= 0.6 is 0 Å². The van der Waals surface area contributed by atoms with Crippen LogP contribution < -0.4 is 15.8 Å². The van der Waals surface area contributed by atoms with Crippen LogP contribution in [0.25, 0.3) is 0 Å². The van der Waals surface area contributed by atoms with Gasteiger partial charge in [0.1, 0.15) is 4.90 Å². The molecule has 1 aromatic rings. The van der Waals surface area contributed by atoms with E-state index >= 15 is 0 Å². The van der Waals surface area contributed by atoms with Crippen molar-refractivity contribution >= 4 is 21.4 Å². The molecule has 1 aliphatic heterocycles. The molecule has 0 amide bonds. The Bertz CT molecular complexity index is 534. The van der Waals surface area contributed by atoms with Gasteiger partial charge >= 0.3 is 0 Å². The smallest absolute Gasteiger partial charge is 0.240 e.